The molecule has 2 rings (SSSR count). The van der Waals surface area contributed by atoms with Crippen molar-refractivity contribution >= 4 is 21.9 Å². The minimum absolute atomic E-state index is 0.0123. The lowest BCUT2D eigenvalue weighted by Crippen LogP contribution is -2.27. The first-order valence-corrected chi connectivity index (χ1v) is 9.44. The summed E-state index contributed by atoms with van der Waals surface area (Å²) in [5.74, 6) is 1.24. The van der Waals surface area contributed by atoms with Crippen molar-refractivity contribution in [2.75, 3.05) is 38.0 Å². The normalized spacial score (nSPS) is 11.4. The van der Waals surface area contributed by atoms with Crippen molar-refractivity contribution in [3.05, 3.63) is 41.2 Å². The first kappa shape index (κ1) is 19.1. The molecule has 1 aromatic heterocycles. The fraction of sp³-hybridized carbons (Fsp3) is 0.438. The van der Waals surface area contributed by atoms with Gasteiger partial charge in [0.2, 0.25) is 21.9 Å². The molecule has 1 aromatic carbocycles. The van der Waals surface area contributed by atoms with Gasteiger partial charge >= 0.3 is 0 Å². The van der Waals surface area contributed by atoms with E-state index in [-0.39, 0.29) is 12.3 Å². The molecule has 2 aromatic rings. The lowest BCUT2D eigenvalue weighted by Gasteiger charge is -2.16. The fourth-order valence-electron chi connectivity index (χ4n) is 2.12. The van der Waals surface area contributed by atoms with E-state index in [0.717, 1.165) is 11.1 Å². The van der Waals surface area contributed by atoms with Crippen molar-refractivity contribution in [2.24, 2.45) is 0 Å². The van der Waals surface area contributed by atoms with Gasteiger partial charge in [-0.05, 0) is 12.5 Å². The molecule has 1 heterocycles. The van der Waals surface area contributed by atoms with Gasteiger partial charge in [0, 0.05) is 28.2 Å². The Morgan fingerprint density at radius 3 is 2.12 bits per heavy atom. The third-order valence-corrected chi connectivity index (χ3v) is 4.65. The summed E-state index contributed by atoms with van der Waals surface area (Å²) in [6.07, 6.45) is 0. The van der Waals surface area contributed by atoms with Gasteiger partial charge in [-0.15, -0.1) is 0 Å². The molecule has 8 nitrogen and oxygen atoms in total. The van der Waals surface area contributed by atoms with E-state index in [1.165, 1.54) is 0 Å². The van der Waals surface area contributed by atoms with Gasteiger partial charge in [-0.1, -0.05) is 29.8 Å². The van der Waals surface area contributed by atoms with Gasteiger partial charge in [-0.3, -0.25) is 0 Å². The minimum Gasteiger partial charge on any atom is -0.347 e. The highest BCUT2D eigenvalue weighted by atomic mass is 32.2. The topological polar surface area (TPSA) is 91.3 Å². The van der Waals surface area contributed by atoms with E-state index in [2.05, 4.69) is 19.7 Å². The van der Waals surface area contributed by atoms with Crippen LogP contribution in [0.15, 0.2) is 24.3 Å². The predicted octanol–water partition coefficient (Wildman–Crippen LogP) is 0.932. The Kier molecular flexibility index (Phi) is 5.91. The average molecular weight is 364 g/mol. The molecule has 0 aliphatic rings. The molecule has 136 valence electrons. The third kappa shape index (κ3) is 5.64. The summed E-state index contributed by atoms with van der Waals surface area (Å²) in [7, 11) is 3.79. The molecule has 0 atom stereocenters. The molecule has 0 unspecified atom stereocenters. The highest BCUT2D eigenvalue weighted by Crippen LogP contribution is 2.11. The number of benzene rings is 1. The number of rotatable bonds is 7. The molecule has 0 saturated heterocycles. The van der Waals surface area contributed by atoms with E-state index < -0.39 is 10.0 Å². The fourth-order valence-corrected chi connectivity index (χ4v) is 3.19. The quantitative estimate of drug-likeness (QED) is 0.781. The highest BCUT2D eigenvalue weighted by molar-refractivity contribution is 7.88. The number of hydrogen-bond donors (Lipinski definition) is 1. The van der Waals surface area contributed by atoms with Crippen LogP contribution in [0.3, 0.4) is 0 Å². The monoisotopic (exact) mass is 364 g/mol. The lowest BCUT2D eigenvalue weighted by molar-refractivity contribution is 0.578. The van der Waals surface area contributed by atoms with Gasteiger partial charge in [-0.2, -0.15) is 15.0 Å². The third-order valence-electron chi connectivity index (χ3n) is 3.35. The van der Waals surface area contributed by atoms with Gasteiger partial charge in [-0.25, -0.2) is 13.1 Å². The Bertz CT molecular complexity index is 810. The molecule has 0 bridgehead atoms. The second kappa shape index (κ2) is 7.75. The first-order chi connectivity index (χ1) is 11.7. The van der Waals surface area contributed by atoms with E-state index in [9.17, 15) is 8.42 Å². The summed E-state index contributed by atoms with van der Waals surface area (Å²) in [6.45, 7) is 1.94. The Labute approximate surface area is 149 Å². The van der Waals surface area contributed by atoms with Crippen LogP contribution < -0.4 is 14.5 Å². The summed E-state index contributed by atoms with van der Waals surface area (Å²) in [5, 5.41) is 0. The van der Waals surface area contributed by atoms with Crippen LogP contribution in [0.4, 0.5) is 11.9 Å². The van der Waals surface area contributed by atoms with Crippen molar-refractivity contribution < 1.29 is 8.42 Å². The van der Waals surface area contributed by atoms with Crippen molar-refractivity contribution in [2.45, 2.75) is 19.2 Å². The summed E-state index contributed by atoms with van der Waals surface area (Å²) < 4.78 is 27.2. The Hall–Kier alpha value is -2.26. The van der Waals surface area contributed by atoms with Gasteiger partial charge in [0.1, 0.15) is 0 Å². The second-order valence-electron chi connectivity index (χ2n) is 6.21. The molecule has 0 aliphatic heterocycles. The van der Waals surface area contributed by atoms with Crippen LogP contribution in [0.1, 0.15) is 17.0 Å². The predicted molar refractivity (Wildman–Crippen MR) is 99.1 cm³/mol. The molecule has 0 aliphatic carbocycles. The molecule has 1 N–H and O–H groups in total. The van der Waals surface area contributed by atoms with Crippen LogP contribution >= 0.6 is 0 Å². The van der Waals surface area contributed by atoms with E-state index in [4.69, 9.17) is 0 Å². The van der Waals surface area contributed by atoms with Crippen LogP contribution in [0, 0.1) is 6.92 Å². The zero-order valence-corrected chi connectivity index (χ0v) is 16.0. The van der Waals surface area contributed by atoms with Gasteiger partial charge < -0.3 is 9.80 Å². The van der Waals surface area contributed by atoms with Crippen LogP contribution in [0.5, 0.6) is 0 Å². The van der Waals surface area contributed by atoms with E-state index in [1.54, 1.807) is 15.9 Å². The van der Waals surface area contributed by atoms with E-state index in [0.29, 0.717) is 17.7 Å². The van der Waals surface area contributed by atoms with Crippen LogP contribution in [-0.4, -0.2) is 51.6 Å². The molecule has 0 radical (unpaired) electrons. The second-order valence-corrected chi connectivity index (χ2v) is 8.02. The number of aryl methyl sites for hydroxylation is 1. The molecule has 25 heavy (non-hydrogen) atoms. The molecular weight excluding hydrogens is 340 g/mol. The van der Waals surface area contributed by atoms with Crippen molar-refractivity contribution in [1.29, 1.82) is 0 Å². The Morgan fingerprint density at radius 2 is 1.60 bits per heavy atom. The number of hydrogen-bond acceptors (Lipinski definition) is 7. The number of sulfonamides is 1. The zero-order chi connectivity index (χ0) is 18.6. The number of nitrogens with zero attached hydrogens (tertiary/aromatic N) is 5. The molecule has 9 heteroatoms. The van der Waals surface area contributed by atoms with Crippen LogP contribution in [0.25, 0.3) is 0 Å². The largest absolute Gasteiger partial charge is 0.347 e. The smallest absolute Gasteiger partial charge is 0.229 e. The molecule has 0 amide bonds. The number of anilines is 2. The summed E-state index contributed by atoms with van der Waals surface area (Å²) in [5.41, 5.74) is 1.77. The number of nitrogens with one attached hydrogen (secondary N) is 1. The first-order valence-electron chi connectivity index (χ1n) is 7.79. The Balaban J connectivity index is 2.14. The number of aromatic nitrogens is 3. The van der Waals surface area contributed by atoms with Crippen molar-refractivity contribution in [3.8, 4) is 0 Å². The molecular formula is C16H24N6O2S. The maximum Gasteiger partial charge on any atom is 0.229 e. The SMILES string of the molecule is Cc1cccc(CS(=O)(=O)NCc2nc(N(C)C)nc(N(C)C)n2)c1. The lowest BCUT2D eigenvalue weighted by atomic mass is 10.2. The summed E-state index contributed by atoms with van der Waals surface area (Å²) in [4.78, 5) is 16.4. The summed E-state index contributed by atoms with van der Waals surface area (Å²) >= 11 is 0. The van der Waals surface area contributed by atoms with E-state index in [1.807, 2.05) is 53.3 Å². The van der Waals surface area contributed by atoms with Crippen LogP contribution in [-0.2, 0) is 22.3 Å². The van der Waals surface area contributed by atoms with Gasteiger partial charge in [0.15, 0.2) is 5.82 Å². The maximum absolute atomic E-state index is 12.3. The maximum atomic E-state index is 12.3. The standard InChI is InChI=1S/C16H24N6O2S/c1-12-7-6-8-13(9-12)11-25(23,24)17-10-14-18-15(21(2)3)20-16(19-14)22(4)5/h6-9,17H,10-11H2,1-5H3. The van der Waals surface area contributed by atoms with Crippen molar-refractivity contribution in [3.63, 3.8) is 0 Å². The molecule has 0 spiro atoms. The van der Waals surface area contributed by atoms with Gasteiger partial charge in [0.25, 0.3) is 0 Å². The van der Waals surface area contributed by atoms with Gasteiger partial charge in [0.05, 0.1) is 12.3 Å². The zero-order valence-electron chi connectivity index (χ0n) is 15.2. The Morgan fingerprint density at radius 1 is 1.00 bits per heavy atom. The molecule has 0 saturated carbocycles. The van der Waals surface area contributed by atoms with Crippen LogP contribution in [0.2, 0.25) is 0 Å². The van der Waals surface area contributed by atoms with E-state index >= 15 is 0 Å². The minimum atomic E-state index is -3.49. The van der Waals surface area contributed by atoms with Crippen molar-refractivity contribution in [1.82, 2.24) is 19.7 Å². The highest BCUT2D eigenvalue weighted by Gasteiger charge is 2.15. The summed E-state index contributed by atoms with van der Waals surface area (Å²) in [6, 6.07) is 7.43. The molecule has 0 fully saturated rings. The average Bonchev–Trinajstić information content (AvgIpc) is 2.52.